The van der Waals surface area contributed by atoms with E-state index >= 15 is 0 Å². The van der Waals surface area contributed by atoms with Crippen molar-refractivity contribution < 1.29 is 14.3 Å². The molecule has 32 heavy (non-hydrogen) atoms. The molecule has 4 aromatic rings. The second-order valence-electron chi connectivity index (χ2n) is 6.47. The lowest BCUT2D eigenvalue weighted by atomic mass is 10.2. The number of nitrogens with zero attached hydrogens (tertiary/aromatic N) is 2. The third-order valence-electron chi connectivity index (χ3n) is 4.45. The quantitative estimate of drug-likeness (QED) is 0.262. The third kappa shape index (κ3) is 4.96. The van der Waals surface area contributed by atoms with Crippen LogP contribution in [-0.4, -0.2) is 31.3 Å². The summed E-state index contributed by atoms with van der Waals surface area (Å²) in [7, 11) is 3.20. The van der Waals surface area contributed by atoms with Gasteiger partial charge < -0.3 is 14.8 Å². The maximum Gasteiger partial charge on any atom is 0.266 e. The van der Waals surface area contributed by atoms with E-state index in [2.05, 4.69) is 20.8 Å². The Kier molecular flexibility index (Phi) is 6.78. The first-order chi connectivity index (χ1) is 15.7. The Bertz CT molecular complexity index is 1220. The van der Waals surface area contributed by atoms with Crippen LogP contribution in [0, 0.1) is 0 Å². The van der Waals surface area contributed by atoms with Gasteiger partial charge in [0.15, 0.2) is 0 Å². The van der Waals surface area contributed by atoms with E-state index in [9.17, 15) is 4.79 Å². The number of amides is 1. The van der Waals surface area contributed by atoms with Crippen LogP contribution in [0.5, 0.6) is 11.5 Å². The molecule has 0 unspecified atom stereocenters. The Morgan fingerprint density at radius 3 is 2.62 bits per heavy atom. The van der Waals surface area contributed by atoms with Crippen LogP contribution in [0.3, 0.4) is 0 Å². The van der Waals surface area contributed by atoms with E-state index in [4.69, 9.17) is 9.47 Å². The van der Waals surface area contributed by atoms with Crippen LogP contribution in [0.2, 0.25) is 0 Å². The number of methoxy groups -OCH3 is 2. The number of thiophene rings is 1. The summed E-state index contributed by atoms with van der Waals surface area (Å²) in [4.78, 5) is 17.9. The van der Waals surface area contributed by atoms with E-state index in [0.717, 1.165) is 11.1 Å². The van der Waals surface area contributed by atoms with Gasteiger partial charge in [-0.2, -0.15) is 5.10 Å². The Morgan fingerprint density at radius 2 is 1.91 bits per heavy atom. The van der Waals surface area contributed by atoms with Crippen molar-refractivity contribution in [2.75, 3.05) is 25.0 Å². The van der Waals surface area contributed by atoms with Crippen molar-refractivity contribution in [1.82, 2.24) is 4.98 Å². The summed E-state index contributed by atoms with van der Waals surface area (Å²) in [5.41, 5.74) is 5.32. The highest BCUT2D eigenvalue weighted by atomic mass is 32.1. The molecule has 4 rings (SSSR count). The molecule has 1 amide bonds. The van der Waals surface area contributed by atoms with Crippen LogP contribution in [0.15, 0.2) is 71.1 Å². The number of thiazole rings is 1. The number of benzene rings is 2. The summed E-state index contributed by atoms with van der Waals surface area (Å²) >= 11 is 2.71. The van der Waals surface area contributed by atoms with Crippen molar-refractivity contribution in [3.8, 4) is 22.8 Å². The minimum absolute atomic E-state index is 0.168. The zero-order valence-electron chi connectivity index (χ0n) is 17.4. The first kappa shape index (κ1) is 21.5. The molecule has 2 N–H and O–H groups in total. The standard InChI is InChI=1S/C23H20N4O3S2/c1-29-17-11-10-16(18(13-17)30-2)14-24-27-23-25-20(15-7-4-3-5-8-15)22(32-23)26-21(28)19-9-6-12-31-19/h3-14H,1-2H3,(H,25,27)(H,26,28)/b24-14+. The lowest BCUT2D eigenvalue weighted by Gasteiger charge is -2.06. The third-order valence-corrected chi connectivity index (χ3v) is 6.19. The van der Waals surface area contributed by atoms with Crippen LogP contribution in [0.4, 0.5) is 10.1 Å². The minimum atomic E-state index is -0.168. The second kappa shape index (κ2) is 10.1. The molecule has 0 saturated carbocycles. The fraction of sp³-hybridized carbons (Fsp3) is 0.0870. The highest BCUT2D eigenvalue weighted by molar-refractivity contribution is 7.20. The number of anilines is 2. The van der Waals surface area contributed by atoms with E-state index in [1.807, 2.05) is 53.9 Å². The first-order valence-electron chi connectivity index (χ1n) is 9.60. The predicted octanol–water partition coefficient (Wildman–Crippen LogP) is 5.59. The average Bonchev–Trinajstić information content (AvgIpc) is 3.50. The smallest absolute Gasteiger partial charge is 0.266 e. The molecule has 0 aliphatic heterocycles. The molecule has 0 atom stereocenters. The number of carbonyl (C=O) groups is 1. The number of hydrogen-bond acceptors (Lipinski definition) is 8. The molecule has 0 fully saturated rings. The van der Waals surface area contributed by atoms with Gasteiger partial charge in [-0.3, -0.25) is 10.2 Å². The second-order valence-corrected chi connectivity index (χ2v) is 8.42. The summed E-state index contributed by atoms with van der Waals surface area (Å²) in [6.07, 6.45) is 1.64. The van der Waals surface area contributed by atoms with Gasteiger partial charge in [0.1, 0.15) is 22.2 Å². The van der Waals surface area contributed by atoms with Crippen molar-refractivity contribution in [2.24, 2.45) is 5.10 Å². The summed E-state index contributed by atoms with van der Waals surface area (Å²) in [5, 5.41) is 10.3. The minimum Gasteiger partial charge on any atom is -0.497 e. The molecular weight excluding hydrogens is 444 g/mol. The van der Waals surface area contributed by atoms with E-state index in [1.165, 1.54) is 22.7 Å². The average molecular weight is 465 g/mol. The number of nitrogens with one attached hydrogen (secondary N) is 2. The number of carbonyl (C=O) groups excluding carboxylic acids is 1. The van der Waals surface area contributed by atoms with Gasteiger partial charge in [0.2, 0.25) is 5.13 Å². The highest BCUT2D eigenvalue weighted by Crippen LogP contribution is 2.36. The molecule has 2 aromatic heterocycles. The SMILES string of the molecule is COc1ccc(/C=N/Nc2nc(-c3ccccc3)c(NC(=O)c3cccs3)s2)c(OC)c1. The zero-order valence-corrected chi connectivity index (χ0v) is 19.0. The van der Waals surface area contributed by atoms with Gasteiger partial charge in [-0.1, -0.05) is 47.7 Å². The molecule has 0 radical (unpaired) electrons. The van der Waals surface area contributed by atoms with E-state index in [-0.39, 0.29) is 5.91 Å². The molecule has 7 nitrogen and oxygen atoms in total. The van der Waals surface area contributed by atoms with Crippen LogP contribution in [-0.2, 0) is 0 Å². The van der Waals surface area contributed by atoms with Gasteiger partial charge in [0.05, 0.1) is 25.3 Å². The number of hydrazone groups is 1. The van der Waals surface area contributed by atoms with Crippen LogP contribution in [0.1, 0.15) is 15.2 Å². The topological polar surface area (TPSA) is 84.8 Å². The largest absolute Gasteiger partial charge is 0.497 e. The summed E-state index contributed by atoms with van der Waals surface area (Å²) in [6.45, 7) is 0. The van der Waals surface area contributed by atoms with Gasteiger partial charge >= 0.3 is 0 Å². The van der Waals surface area contributed by atoms with Crippen LogP contribution >= 0.6 is 22.7 Å². The predicted molar refractivity (Wildman–Crippen MR) is 131 cm³/mol. The molecular formula is C23H20N4O3S2. The summed E-state index contributed by atoms with van der Waals surface area (Å²) < 4.78 is 10.6. The Hall–Kier alpha value is -3.69. The van der Waals surface area contributed by atoms with Gasteiger partial charge in [-0.25, -0.2) is 4.98 Å². The van der Waals surface area contributed by atoms with Gasteiger partial charge in [0.25, 0.3) is 5.91 Å². The number of hydrogen-bond donors (Lipinski definition) is 2. The Balaban J connectivity index is 1.57. The fourth-order valence-electron chi connectivity index (χ4n) is 2.90. The van der Waals surface area contributed by atoms with Crippen LogP contribution < -0.4 is 20.2 Å². The number of ether oxygens (including phenoxy) is 2. The molecule has 9 heteroatoms. The lowest BCUT2D eigenvalue weighted by molar-refractivity contribution is 0.103. The monoisotopic (exact) mass is 464 g/mol. The number of rotatable bonds is 8. The maximum absolute atomic E-state index is 12.6. The molecule has 0 bridgehead atoms. The van der Waals surface area contributed by atoms with Crippen molar-refractivity contribution in [2.45, 2.75) is 0 Å². The first-order valence-corrected chi connectivity index (χ1v) is 11.3. The zero-order chi connectivity index (χ0) is 22.3. The van der Waals surface area contributed by atoms with Gasteiger partial charge in [0, 0.05) is 17.2 Å². The Labute approximate surface area is 193 Å². The molecule has 0 saturated heterocycles. The van der Waals surface area contributed by atoms with Gasteiger partial charge in [-0.15, -0.1) is 11.3 Å². The lowest BCUT2D eigenvalue weighted by Crippen LogP contribution is -2.09. The van der Waals surface area contributed by atoms with Crippen LogP contribution in [0.25, 0.3) is 11.3 Å². The van der Waals surface area contributed by atoms with Crippen molar-refractivity contribution in [3.63, 3.8) is 0 Å². The molecule has 0 spiro atoms. The maximum atomic E-state index is 12.6. The molecule has 2 aromatic carbocycles. The van der Waals surface area contributed by atoms with Crippen molar-refractivity contribution in [3.05, 3.63) is 76.5 Å². The highest BCUT2D eigenvalue weighted by Gasteiger charge is 2.17. The van der Waals surface area contributed by atoms with Crippen molar-refractivity contribution in [1.29, 1.82) is 0 Å². The van der Waals surface area contributed by atoms with E-state index in [1.54, 1.807) is 32.6 Å². The summed E-state index contributed by atoms with van der Waals surface area (Å²) in [5.74, 6) is 1.17. The molecule has 0 aliphatic rings. The fourth-order valence-corrected chi connectivity index (χ4v) is 4.35. The normalized spacial score (nSPS) is 10.8. The van der Waals surface area contributed by atoms with E-state index < -0.39 is 0 Å². The van der Waals surface area contributed by atoms with E-state index in [0.29, 0.717) is 32.2 Å². The van der Waals surface area contributed by atoms with Crippen molar-refractivity contribution >= 4 is 44.9 Å². The molecule has 2 heterocycles. The molecule has 0 aliphatic carbocycles. The van der Waals surface area contributed by atoms with Gasteiger partial charge in [-0.05, 0) is 23.6 Å². The summed E-state index contributed by atoms with van der Waals surface area (Å²) in [6, 6.07) is 18.8. The Morgan fingerprint density at radius 1 is 1.06 bits per heavy atom. The number of aromatic nitrogens is 1. The molecule has 162 valence electrons.